The summed E-state index contributed by atoms with van der Waals surface area (Å²) in [6.07, 6.45) is -3.03. The van der Waals surface area contributed by atoms with Crippen LogP contribution < -0.4 is 0 Å². The first kappa shape index (κ1) is 23.7. The van der Waals surface area contributed by atoms with Crippen molar-refractivity contribution in [2.75, 3.05) is 19.6 Å². The Morgan fingerprint density at radius 3 is 2.23 bits per heavy atom. The van der Waals surface area contributed by atoms with E-state index in [0.29, 0.717) is 25.2 Å². The van der Waals surface area contributed by atoms with E-state index < -0.39 is 29.0 Å². The molecule has 1 aromatic carbocycles. The smallest absolute Gasteiger partial charge is 0.416 e. The predicted octanol–water partition coefficient (Wildman–Crippen LogP) is 4.94. The second kappa shape index (κ2) is 8.68. The first-order valence-electron chi connectivity index (χ1n) is 9.78. The van der Waals surface area contributed by atoms with Crippen LogP contribution in [0.3, 0.4) is 0 Å². The molecular weight excluding hydrogens is 395 g/mol. The highest BCUT2D eigenvalue weighted by atomic mass is 19.4. The number of halogens is 3. The molecule has 0 spiro atoms. The fourth-order valence-electron chi connectivity index (χ4n) is 3.74. The highest BCUT2D eigenvalue weighted by Gasteiger charge is 2.44. The largest absolute Gasteiger partial charge is 0.444 e. The fraction of sp³-hybridized carbons (Fsp3) is 0.545. The molecule has 0 bridgehead atoms. The highest BCUT2D eigenvalue weighted by molar-refractivity contribution is 5.68. The molecule has 1 aromatic rings. The number of benzene rings is 1. The SMILES string of the molecule is C=CCC(C#N)(c1ccc(C(F)(F)F)cc1)N1CCN(C(=O)OC(C)(C)C)C[C@@H]1C. The molecule has 0 radical (unpaired) electrons. The van der Waals surface area contributed by atoms with Gasteiger partial charge < -0.3 is 9.64 Å². The minimum absolute atomic E-state index is 0.215. The second-order valence-corrected chi connectivity index (χ2v) is 8.51. The summed E-state index contributed by atoms with van der Waals surface area (Å²) in [6, 6.07) is 6.78. The monoisotopic (exact) mass is 423 g/mol. The summed E-state index contributed by atoms with van der Waals surface area (Å²) < 4.78 is 44.3. The molecule has 0 saturated carbocycles. The van der Waals surface area contributed by atoms with Crippen LogP contribution in [0.25, 0.3) is 0 Å². The summed E-state index contributed by atoms with van der Waals surface area (Å²) in [5.41, 5.74) is -2.09. The normalized spacial score (nSPS) is 20.2. The van der Waals surface area contributed by atoms with E-state index in [1.54, 1.807) is 31.7 Å². The van der Waals surface area contributed by atoms with E-state index in [4.69, 9.17) is 4.74 Å². The number of piperazine rings is 1. The summed E-state index contributed by atoms with van der Waals surface area (Å²) in [4.78, 5) is 15.9. The number of amides is 1. The molecule has 30 heavy (non-hydrogen) atoms. The zero-order valence-electron chi connectivity index (χ0n) is 17.8. The molecule has 1 heterocycles. The van der Waals surface area contributed by atoms with Gasteiger partial charge in [-0.05, 0) is 45.4 Å². The van der Waals surface area contributed by atoms with Gasteiger partial charge >= 0.3 is 12.3 Å². The molecular formula is C22H28F3N3O2. The predicted molar refractivity (Wildman–Crippen MR) is 108 cm³/mol. The standard InChI is InChI=1S/C22H28F3N3O2/c1-6-11-21(15-26,17-7-9-18(10-8-17)22(23,24)25)28-13-12-27(14-16(28)2)19(29)30-20(3,4)5/h6-10,16H,1,11-14H2,2-5H3/t16-,21?/m0/s1. The molecule has 8 heteroatoms. The van der Waals surface area contributed by atoms with E-state index in [1.807, 2.05) is 11.8 Å². The molecule has 1 amide bonds. The summed E-state index contributed by atoms with van der Waals surface area (Å²) in [5, 5.41) is 10.1. The molecule has 1 aliphatic heterocycles. The summed E-state index contributed by atoms with van der Waals surface area (Å²) in [6.45, 7) is 12.1. The molecule has 0 aromatic heterocycles. The third kappa shape index (κ3) is 5.14. The van der Waals surface area contributed by atoms with Crippen molar-refractivity contribution in [1.29, 1.82) is 5.26 Å². The van der Waals surface area contributed by atoms with E-state index in [9.17, 15) is 23.2 Å². The molecule has 0 N–H and O–H groups in total. The lowest BCUT2D eigenvalue weighted by molar-refractivity contribution is -0.137. The maximum Gasteiger partial charge on any atom is 0.416 e. The van der Waals surface area contributed by atoms with Gasteiger partial charge in [-0.2, -0.15) is 18.4 Å². The van der Waals surface area contributed by atoms with Crippen molar-refractivity contribution in [3.8, 4) is 6.07 Å². The Morgan fingerprint density at radius 2 is 1.80 bits per heavy atom. The first-order chi connectivity index (χ1) is 13.8. The lowest BCUT2D eigenvalue weighted by Crippen LogP contribution is -2.60. The van der Waals surface area contributed by atoms with Gasteiger partial charge in [-0.15, -0.1) is 6.58 Å². The number of ether oxygens (including phenoxy) is 1. The molecule has 1 unspecified atom stereocenters. The molecule has 0 aliphatic carbocycles. The average molecular weight is 423 g/mol. The average Bonchev–Trinajstić information content (AvgIpc) is 2.64. The number of hydrogen-bond donors (Lipinski definition) is 0. The summed E-state index contributed by atoms with van der Waals surface area (Å²) in [7, 11) is 0. The second-order valence-electron chi connectivity index (χ2n) is 8.51. The molecule has 1 saturated heterocycles. The number of rotatable bonds is 4. The number of nitrogens with zero attached hydrogens (tertiary/aromatic N) is 3. The van der Waals surface area contributed by atoms with Crippen LogP contribution in [-0.4, -0.2) is 47.2 Å². The number of alkyl halides is 3. The van der Waals surface area contributed by atoms with E-state index in [1.165, 1.54) is 12.1 Å². The minimum Gasteiger partial charge on any atom is -0.444 e. The molecule has 2 atom stereocenters. The third-order valence-corrected chi connectivity index (χ3v) is 5.08. The Balaban J connectivity index is 2.31. The molecule has 1 fully saturated rings. The topological polar surface area (TPSA) is 56.6 Å². The van der Waals surface area contributed by atoms with Gasteiger partial charge in [0.05, 0.1) is 11.6 Å². The van der Waals surface area contributed by atoms with Gasteiger partial charge in [-0.25, -0.2) is 4.79 Å². The Hall–Kier alpha value is -2.53. The third-order valence-electron chi connectivity index (χ3n) is 5.08. The molecule has 5 nitrogen and oxygen atoms in total. The zero-order valence-corrected chi connectivity index (χ0v) is 17.8. The van der Waals surface area contributed by atoms with Gasteiger partial charge in [0.1, 0.15) is 11.1 Å². The van der Waals surface area contributed by atoms with Gasteiger partial charge in [-0.1, -0.05) is 18.2 Å². The number of hydrogen-bond acceptors (Lipinski definition) is 4. The van der Waals surface area contributed by atoms with Crippen molar-refractivity contribution in [2.24, 2.45) is 0 Å². The Morgan fingerprint density at radius 1 is 1.23 bits per heavy atom. The Kier molecular flexibility index (Phi) is 6.87. The summed E-state index contributed by atoms with van der Waals surface area (Å²) in [5.74, 6) is 0. The molecule has 2 rings (SSSR count). The maximum absolute atomic E-state index is 13.0. The van der Waals surface area contributed by atoms with Crippen molar-refractivity contribution in [3.05, 3.63) is 48.0 Å². The Labute approximate surface area is 175 Å². The van der Waals surface area contributed by atoms with Gasteiger partial charge in [0.2, 0.25) is 0 Å². The fourth-order valence-corrected chi connectivity index (χ4v) is 3.74. The highest BCUT2D eigenvalue weighted by Crippen LogP contribution is 2.37. The molecule has 164 valence electrons. The van der Waals surface area contributed by atoms with Crippen LogP contribution in [-0.2, 0) is 16.5 Å². The van der Waals surface area contributed by atoms with Gasteiger partial charge in [0, 0.05) is 32.1 Å². The van der Waals surface area contributed by atoms with Gasteiger partial charge in [0.25, 0.3) is 0 Å². The van der Waals surface area contributed by atoms with Crippen LogP contribution in [0.5, 0.6) is 0 Å². The van der Waals surface area contributed by atoms with E-state index in [2.05, 4.69) is 12.6 Å². The number of nitriles is 1. The van der Waals surface area contributed by atoms with Crippen molar-refractivity contribution in [3.63, 3.8) is 0 Å². The van der Waals surface area contributed by atoms with Crippen LogP contribution in [0.1, 0.15) is 45.2 Å². The summed E-state index contributed by atoms with van der Waals surface area (Å²) >= 11 is 0. The van der Waals surface area contributed by atoms with Crippen LogP contribution in [0, 0.1) is 11.3 Å². The van der Waals surface area contributed by atoms with E-state index in [-0.39, 0.29) is 12.5 Å². The molecule has 1 aliphatic rings. The van der Waals surface area contributed by atoms with Crippen molar-refractivity contribution >= 4 is 6.09 Å². The van der Waals surface area contributed by atoms with Gasteiger partial charge in [-0.3, -0.25) is 4.90 Å². The van der Waals surface area contributed by atoms with E-state index in [0.717, 1.165) is 12.1 Å². The van der Waals surface area contributed by atoms with Crippen LogP contribution in [0.15, 0.2) is 36.9 Å². The van der Waals surface area contributed by atoms with E-state index >= 15 is 0 Å². The lowest BCUT2D eigenvalue weighted by atomic mass is 9.83. The number of carbonyl (C=O) groups is 1. The minimum atomic E-state index is -4.45. The maximum atomic E-state index is 13.0. The van der Waals surface area contributed by atoms with Crippen molar-refractivity contribution in [2.45, 2.75) is 57.5 Å². The lowest BCUT2D eigenvalue weighted by Gasteiger charge is -2.47. The van der Waals surface area contributed by atoms with Gasteiger partial charge in [0.15, 0.2) is 0 Å². The van der Waals surface area contributed by atoms with Crippen molar-refractivity contribution < 1.29 is 22.7 Å². The zero-order chi connectivity index (χ0) is 22.7. The first-order valence-corrected chi connectivity index (χ1v) is 9.78. The van der Waals surface area contributed by atoms with Crippen LogP contribution in [0.2, 0.25) is 0 Å². The number of carbonyl (C=O) groups excluding carboxylic acids is 1. The Bertz CT molecular complexity index is 809. The van der Waals surface area contributed by atoms with Crippen LogP contribution in [0.4, 0.5) is 18.0 Å². The quantitative estimate of drug-likeness (QED) is 0.644. The van der Waals surface area contributed by atoms with Crippen molar-refractivity contribution in [1.82, 2.24) is 9.80 Å². The van der Waals surface area contributed by atoms with Crippen LogP contribution >= 0.6 is 0 Å².